The second-order valence-electron chi connectivity index (χ2n) is 5.64. The van der Waals surface area contributed by atoms with E-state index in [1.807, 2.05) is 20.8 Å². The Bertz CT molecular complexity index is 609. The summed E-state index contributed by atoms with van der Waals surface area (Å²) in [5, 5.41) is 11.1. The second-order valence-corrected chi connectivity index (χ2v) is 5.64. The lowest BCUT2D eigenvalue weighted by Gasteiger charge is -2.19. The smallest absolute Gasteiger partial charge is 0.239 e. The first-order valence-corrected chi connectivity index (χ1v) is 6.54. The molecule has 112 valence electrons. The van der Waals surface area contributed by atoms with Gasteiger partial charge in [-0.15, -0.1) is 5.10 Å². The summed E-state index contributed by atoms with van der Waals surface area (Å²) in [5.74, 6) is -1.34. The Morgan fingerprint density at radius 1 is 1.10 bits per heavy atom. The van der Waals surface area contributed by atoms with Crippen LogP contribution in [0.1, 0.15) is 26.5 Å². The largest absolute Gasteiger partial charge is 0.434 e. The minimum Gasteiger partial charge on any atom is -0.434 e. The quantitative estimate of drug-likeness (QED) is 0.938. The molecule has 0 unspecified atom stereocenters. The van der Waals surface area contributed by atoms with Crippen LogP contribution < -0.4 is 10.1 Å². The monoisotopic (exact) mass is 293 g/mol. The Labute approximate surface area is 122 Å². The number of ether oxygens (including phenoxy) is 1. The van der Waals surface area contributed by atoms with Gasteiger partial charge in [-0.1, -0.05) is 0 Å². The van der Waals surface area contributed by atoms with E-state index in [-0.39, 0.29) is 17.2 Å². The molecule has 4 nitrogen and oxygen atoms in total. The Hall–Kier alpha value is -2.08. The zero-order chi connectivity index (χ0) is 15.5. The normalized spacial score (nSPS) is 11.5. The number of hydrogen-bond donors (Lipinski definition) is 1. The molecule has 0 atom stereocenters. The molecule has 1 N–H and O–H groups in total. The van der Waals surface area contributed by atoms with Crippen LogP contribution in [0.3, 0.4) is 0 Å². The third kappa shape index (κ3) is 4.75. The fraction of sp³-hybridized carbons (Fsp3) is 0.333. The molecule has 0 amide bonds. The van der Waals surface area contributed by atoms with Gasteiger partial charge in [0.15, 0.2) is 11.6 Å². The van der Waals surface area contributed by atoms with Gasteiger partial charge in [0.05, 0.1) is 5.69 Å². The Kier molecular flexibility index (Phi) is 4.47. The van der Waals surface area contributed by atoms with Crippen LogP contribution in [0.25, 0.3) is 0 Å². The van der Waals surface area contributed by atoms with Crippen LogP contribution in [-0.4, -0.2) is 15.7 Å². The number of benzene rings is 1. The van der Waals surface area contributed by atoms with Crippen LogP contribution in [0.2, 0.25) is 0 Å². The van der Waals surface area contributed by atoms with Gasteiger partial charge in [0.1, 0.15) is 5.82 Å². The number of aromatic nitrogens is 2. The SMILES string of the molecule is CC(C)(C)NCc1ccc(Oc2cc(F)ccc2F)nn1. The molecule has 21 heavy (non-hydrogen) atoms. The second kappa shape index (κ2) is 6.13. The zero-order valence-corrected chi connectivity index (χ0v) is 12.2. The van der Waals surface area contributed by atoms with Gasteiger partial charge in [-0.25, -0.2) is 8.78 Å². The molecule has 1 heterocycles. The predicted octanol–water partition coefficient (Wildman–Crippen LogP) is 3.44. The van der Waals surface area contributed by atoms with Gasteiger partial charge in [-0.2, -0.15) is 5.10 Å². The van der Waals surface area contributed by atoms with E-state index in [1.165, 1.54) is 0 Å². The summed E-state index contributed by atoms with van der Waals surface area (Å²) >= 11 is 0. The molecule has 0 bridgehead atoms. The van der Waals surface area contributed by atoms with Crippen molar-refractivity contribution in [2.24, 2.45) is 0 Å². The zero-order valence-electron chi connectivity index (χ0n) is 12.2. The molecule has 0 saturated carbocycles. The summed E-state index contributed by atoms with van der Waals surface area (Å²) in [6.07, 6.45) is 0. The lowest BCUT2D eigenvalue weighted by Crippen LogP contribution is -2.35. The number of rotatable bonds is 4. The van der Waals surface area contributed by atoms with E-state index >= 15 is 0 Å². The minimum absolute atomic E-state index is 0.0262. The molecule has 6 heteroatoms. The molecular weight excluding hydrogens is 276 g/mol. The van der Waals surface area contributed by atoms with E-state index in [2.05, 4.69) is 15.5 Å². The molecule has 1 aromatic carbocycles. The van der Waals surface area contributed by atoms with Crippen molar-refractivity contribution in [1.29, 1.82) is 0 Å². The van der Waals surface area contributed by atoms with E-state index in [0.29, 0.717) is 6.54 Å². The minimum atomic E-state index is -0.656. The summed E-state index contributed by atoms with van der Waals surface area (Å²) in [6, 6.07) is 6.27. The fourth-order valence-electron chi connectivity index (χ4n) is 1.52. The number of nitrogens with one attached hydrogen (secondary N) is 1. The van der Waals surface area contributed by atoms with Crippen molar-refractivity contribution < 1.29 is 13.5 Å². The molecular formula is C15H17F2N3O. The van der Waals surface area contributed by atoms with Gasteiger partial charge < -0.3 is 10.1 Å². The average molecular weight is 293 g/mol. The Morgan fingerprint density at radius 2 is 1.86 bits per heavy atom. The first kappa shape index (κ1) is 15.3. The average Bonchev–Trinajstić information content (AvgIpc) is 2.41. The number of nitrogens with zero attached hydrogens (tertiary/aromatic N) is 2. The van der Waals surface area contributed by atoms with E-state index in [9.17, 15) is 8.78 Å². The highest BCUT2D eigenvalue weighted by molar-refractivity contribution is 5.29. The molecule has 0 spiro atoms. The summed E-state index contributed by atoms with van der Waals surface area (Å²) in [5.41, 5.74) is 0.707. The van der Waals surface area contributed by atoms with Crippen molar-refractivity contribution in [3.05, 3.63) is 47.7 Å². The van der Waals surface area contributed by atoms with Gasteiger partial charge in [0.2, 0.25) is 5.88 Å². The third-order valence-corrected chi connectivity index (χ3v) is 2.60. The first-order chi connectivity index (χ1) is 9.83. The van der Waals surface area contributed by atoms with Crippen molar-refractivity contribution in [1.82, 2.24) is 15.5 Å². The number of hydrogen-bond acceptors (Lipinski definition) is 4. The highest BCUT2D eigenvalue weighted by atomic mass is 19.1. The van der Waals surface area contributed by atoms with E-state index in [1.54, 1.807) is 12.1 Å². The fourth-order valence-corrected chi connectivity index (χ4v) is 1.52. The summed E-state index contributed by atoms with van der Waals surface area (Å²) < 4.78 is 31.7. The van der Waals surface area contributed by atoms with Gasteiger partial charge in [0.25, 0.3) is 0 Å². The van der Waals surface area contributed by atoms with Gasteiger partial charge in [-0.05, 0) is 39.0 Å². The molecule has 0 radical (unpaired) electrons. The topological polar surface area (TPSA) is 47.0 Å². The molecule has 1 aromatic heterocycles. The van der Waals surface area contributed by atoms with Gasteiger partial charge in [-0.3, -0.25) is 0 Å². The molecule has 0 aliphatic heterocycles. The lowest BCUT2D eigenvalue weighted by molar-refractivity contribution is 0.408. The van der Waals surface area contributed by atoms with E-state index in [4.69, 9.17) is 4.74 Å². The molecule has 0 aliphatic rings. The highest BCUT2D eigenvalue weighted by Crippen LogP contribution is 2.23. The maximum Gasteiger partial charge on any atom is 0.239 e. The molecule has 0 saturated heterocycles. The Morgan fingerprint density at radius 3 is 2.48 bits per heavy atom. The van der Waals surface area contributed by atoms with Crippen molar-refractivity contribution in [3.63, 3.8) is 0 Å². The van der Waals surface area contributed by atoms with Crippen molar-refractivity contribution >= 4 is 0 Å². The summed E-state index contributed by atoms with van der Waals surface area (Å²) in [7, 11) is 0. The van der Waals surface area contributed by atoms with Crippen molar-refractivity contribution in [2.75, 3.05) is 0 Å². The van der Waals surface area contributed by atoms with E-state index in [0.717, 1.165) is 23.9 Å². The molecule has 2 aromatic rings. The van der Waals surface area contributed by atoms with Crippen LogP contribution in [0, 0.1) is 11.6 Å². The highest BCUT2D eigenvalue weighted by Gasteiger charge is 2.10. The van der Waals surface area contributed by atoms with Gasteiger partial charge >= 0.3 is 0 Å². The van der Waals surface area contributed by atoms with Crippen molar-refractivity contribution in [2.45, 2.75) is 32.9 Å². The van der Waals surface area contributed by atoms with Crippen LogP contribution in [0.4, 0.5) is 8.78 Å². The third-order valence-electron chi connectivity index (χ3n) is 2.60. The van der Waals surface area contributed by atoms with E-state index < -0.39 is 11.6 Å². The standard InChI is InChI=1S/C15H17F2N3O/c1-15(2,3)18-9-11-5-7-14(20-19-11)21-13-8-10(16)4-6-12(13)17/h4-8,18H,9H2,1-3H3. The Balaban J connectivity index is 2.04. The maximum absolute atomic E-state index is 13.4. The predicted molar refractivity (Wildman–Crippen MR) is 75.1 cm³/mol. The van der Waals surface area contributed by atoms with Crippen LogP contribution in [0.15, 0.2) is 30.3 Å². The molecule has 0 fully saturated rings. The van der Waals surface area contributed by atoms with Crippen LogP contribution in [-0.2, 0) is 6.54 Å². The van der Waals surface area contributed by atoms with Crippen molar-refractivity contribution in [3.8, 4) is 11.6 Å². The molecule has 0 aliphatic carbocycles. The maximum atomic E-state index is 13.4. The van der Waals surface area contributed by atoms with Gasteiger partial charge in [0, 0.05) is 24.2 Å². The van der Waals surface area contributed by atoms with Crippen LogP contribution >= 0.6 is 0 Å². The first-order valence-electron chi connectivity index (χ1n) is 6.54. The number of halogens is 2. The molecule has 2 rings (SSSR count). The summed E-state index contributed by atoms with van der Waals surface area (Å²) in [4.78, 5) is 0. The van der Waals surface area contributed by atoms with Crippen LogP contribution in [0.5, 0.6) is 11.6 Å². The summed E-state index contributed by atoms with van der Waals surface area (Å²) in [6.45, 7) is 6.70. The lowest BCUT2D eigenvalue weighted by atomic mass is 10.1.